The Kier molecular flexibility index (Phi) is 5.22. The van der Waals surface area contributed by atoms with Crippen molar-refractivity contribution in [3.8, 4) is 5.75 Å². The van der Waals surface area contributed by atoms with Gasteiger partial charge in [0.25, 0.3) is 0 Å². The van der Waals surface area contributed by atoms with Crippen molar-refractivity contribution < 1.29 is 28.8 Å². The van der Waals surface area contributed by atoms with E-state index in [-0.39, 0.29) is 12.5 Å². The summed E-state index contributed by atoms with van der Waals surface area (Å²) in [5.41, 5.74) is 0. The van der Waals surface area contributed by atoms with Crippen LogP contribution in [0.5, 0.6) is 5.75 Å². The predicted octanol–water partition coefficient (Wildman–Crippen LogP) is 1.46. The van der Waals surface area contributed by atoms with Gasteiger partial charge in [-0.2, -0.15) is 0 Å². The SMILES string of the molecule is CC(=O)N[C@@H]1[C@H](Oc2ccccc2Cl)O[C@@H]2COC(C)(C)O[C@H]2[C@H]1O. The van der Waals surface area contributed by atoms with Crippen LogP contribution < -0.4 is 10.1 Å². The third-order valence-corrected chi connectivity index (χ3v) is 4.45. The van der Waals surface area contributed by atoms with Gasteiger partial charge in [-0.3, -0.25) is 4.79 Å². The smallest absolute Gasteiger partial charge is 0.223 e. The molecule has 0 saturated carbocycles. The topological polar surface area (TPSA) is 86.3 Å². The summed E-state index contributed by atoms with van der Waals surface area (Å²) in [6, 6.07) is 6.10. The molecule has 8 heteroatoms. The molecule has 2 N–H and O–H groups in total. The van der Waals surface area contributed by atoms with Crippen LogP contribution >= 0.6 is 11.6 Å². The fourth-order valence-electron chi connectivity index (χ4n) is 3.00. The van der Waals surface area contributed by atoms with E-state index in [2.05, 4.69) is 5.32 Å². The van der Waals surface area contributed by atoms with Crippen LogP contribution in [0.4, 0.5) is 0 Å². The average molecular weight is 372 g/mol. The van der Waals surface area contributed by atoms with E-state index in [9.17, 15) is 9.90 Å². The number of carbonyl (C=O) groups is 1. The molecule has 0 radical (unpaired) electrons. The van der Waals surface area contributed by atoms with Crippen LogP contribution in [0.25, 0.3) is 0 Å². The Morgan fingerprint density at radius 3 is 2.80 bits per heavy atom. The Balaban J connectivity index is 1.83. The zero-order chi connectivity index (χ0) is 18.2. The molecule has 1 aromatic carbocycles. The van der Waals surface area contributed by atoms with Crippen LogP contribution in [-0.4, -0.2) is 54.1 Å². The minimum Gasteiger partial charge on any atom is -0.461 e. The predicted molar refractivity (Wildman–Crippen MR) is 89.3 cm³/mol. The molecule has 7 nitrogen and oxygen atoms in total. The molecule has 3 rings (SSSR count). The highest BCUT2D eigenvalue weighted by Crippen LogP contribution is 2.34. The van der Waals surface area contributed by atoms with Gasteiger partial charge < -0.3 is 29.4 Å². The fourth-order valence-corrected chi connectivity index (χ4v) is 3.18. The lowest BCUT2D eigenvalue weighted by molar-refractivity contribution is -0.361. The quantitative estimate of drug-likeness (QED) is 0.836. The molecular weight excluding hydrogens is 350 g/mol. The molecule has 0 aliphatic carbocycles. The van der Waals surface area contributed by atoms with Crippen LogP contribution in [0.1, 0.15) is 20.8 Å². The zero-order valence-corrected chi connectivity index (χ0v) is 15.0. The van der Waals surface area contributed by atoms with E-state index in [1.165, 1.54) is 6.92 Å². The Morgan fingerprint density at radius 2 is 2.12 bits per heavy atom. The van der Waals surface area contributed by atoms with Crippen molar-refractivity contribution in [2.75, 3.05) is 6.61 Å². The van der Waals surface area contributed by atoms with E-state index in [0.717, 1.165) is 0 Å². The number of amides is 1. The van der Waals surface area contributed by atoms with Crippen molar-refractivity contribution in [1.82, 2.24) is 5.32 Å². The average Bonchev–Trinajstić information content (AvgIpc) is 2.53. The number of ether oxygens (including phenoxy) is 4. The second-order valence-electron chi connectivity index (χ2n) is 6.60. The van der Waals surface area contributed by atoms with Gasteiger partial charge in [-0.15, -0.1) is 0 Å². The number of aliphatic hydroxyl groups excluding tert-OH is 1. The van der Waals surface area contributed by atoms with Gasteiger partial charge in [-0.1, -0.05) is 23.7 Å². The molecule has 5 atom stereocenters. The fraction of sp³-hybridized carbons (Fsp3) is 0.588. The van der Waals surface area contributed by atoms with Crippen molar-refractivity contribution >= 4 is 17.5 Å². The van der Waals surface area contributed by atoms with Crippen LogP contribution in [0.15, 0.2) is 24.3 Å². The van der Waals surface area contributed by atoms with Crippen LogP contribution in [-0.2, 0) is 19.0 Å². The molecule has 2 heterocycles. The minimum atomic E-state index is -1.03. The van der Waals surface area contributed by atoms with Crippen LogP contribution in [0.2, 0.25) is 5.02 Å². The van der Waals surface area contributed by atoms with E-state index in [0.29, 0.717) is 10.8 Å². The number of hydrogen-bond donors (Lipinski definition) is 2. The highest BCUT2D eigenvalue weighted by Gasteiger charge is 2.52. The Morgan fingerprint density at radius 1 is 1.40 bits per heavy atom. The van der Waals surface area contributed by atoms with Crippen molar-refractivity contribution in [2.24, 2.45) is 0 Å². The van der Waals surface area contributed by atoms with Gasteiger partial charge in [-0.25, -0.2) is 0 Å². The number of halogens is 1. The van der Waals surface area contributed by atoms with Crippen molar-refractivity contribution in [2.45, 2.75) is 57.2 Å². The summed E-state index contributed by atoms with van der Waals surface area (Å²) in [5.74, 6) is -0.763. The zero-order valence-electron chi connectivity index (χ0n) is 14.3. The first-order valence-electron chi connectivity index (χ1n) is 8.10. The number of fused-ring (bicyclic) bond motifs is 1. The summed E-state index contributed by atoms with van der Waals surface area (Å²) in [6.45, 7) is 5.12. The third kappa shape index (κ3) is 4.07. The molecule has 0 unspecified atom stereocenters. The number of benzene rings is 1. The molecular formula is C17H22ClNO6. The third-order valence-electron chi connectivity index (χ3n) is 4.14. The number of hydrogen-bond acceptors (Lipinski definition) is 6. The molecule has 2 fully saturated rings. The number of aliphatic hydroxyl groups is 1. The summed E-state index contributed by atoms with van der Waals surface area (Å²) in [4.78, 5) is 11.6. The summed E-state index contributed by atoms with van der Waals surface area (Å²) in [7, 11) is 0. The maximum absolute atomic E-state index is 11.6. The largest absolute Gasteiger partial charge is 0.461 e. The van der Waals surface area contributed by atoms with Gasteiger partial charge in [0, 0.05) is 6.92 Å². The van der Waals surface area contributed by atoms with E-state index in [1.807, 2.05) is 0 Å². The highest BCUT2D eigenvalue weighted by atomic mass is 35.5. The Hall–Kier alpha value is -1.38. The van der Waals surface area contributed by atoms with Crippen LogP contribution in [0, 0.1) is 0 Å². The van der Waals surface area contributed by atoms with Crippen molar-refractivity contribution in [3.63, 3.8) is 0 Å². The maximum Gasteiger partial charge on any atom is 0.223 e. The number of nitrogens with one attached hydrogen (secondary N) is 1. The molecule has 138 valence electrons. The van der Waals surface area contributed by atoms with Crippen molar-refractivity contribution in [3.05, 3.63) is 29.3 Å². The molecule has 0 aromatic heterocycles. The van der Waals surface area contributed by atoms with Gasteiger partial charge in [0.05, 0.1) is 11.6 Å². The monoisotopic (exact) mass is 371 g/mol. The molecule has 0 spiro atoms. The molecule has 25 heavy (non-hydrogen) atoms. The van der Waals surface area contributed by atoms with E-state index in [4.69, 9.17) is 30.5 Å². The maximum atomic E-state index is 11.6. The van der Waals surface area contributed by atoms with E-state index in [1.54, 1.807) is 38.1 Å². The molecule has 2 saturated heterocycles. The summed E-state index contributed by atoms with van der Waals surface area (Å²) >= 11 is 6.13. The van der Waals surface area contributed by atoms with Crippen molar-refractivity contribution in [1.29, 1.82) is 0 Å². The Bertz CT molecular complexity index is 639. The van der Waals surface area contributed by atoms with Gasteiger partial charge in [0.15, 0.2) is 5.79 Å². The summed E-state index contributed by atoms with van der Waals surface area (Å²) in [5, 5.41) is 13.9. The van der Waals surface area contributed by atoms with Gasteiger partial charge in [0.1, 0.15) is 30.1 Å². The Labute approximate surface area is 151 Å². The summed E-state index contributed by atoms with van der Waals surface area (Å²) < 4.78 is 23.1. The van der Waals surface area contributed by atoms with E-state index < -0.39 is 36.4 Å². The van der Waals surface area contributed by atoms with Gasteiger partial charge >= 0.3 is 0 Å². The number of carbonyl (C=O) groups excluding carboxylic acids is 1. The lowest BCUT2D eigenvalue weighted by Gasteiger charge is -2.49. The standard InChI is InChI=1S/C17H22ClNO6/c1-9(20)19-13-14(21)15-12(8-22-17(2,3)25-15)24-16(13)23-11-7-5-4-6-10(11)18/h4-7,12-16,21H,8H2,1-3H3,(H,19,20)/t12-,13+,14+,15-,16-/m1/s1. The molecule has 1 aromatic rings. The molecule has 2 aliphatic rings. The van der Waals surface area contributed by atoms with Gasteiger partial charge in [0.2, 0.25) is 12.2 Å². The van der Waals surface area contributed by atoms with Gasteiger partial charge in [-0.05, 0) is 26.0 Å². The molecule has 1 amide bonds. The highest BCUT2D eigenvalue weighted by molar-refractivity contribution is 6.32. The first kappa shape index (κ1) is 18.4. The first-order chi connectivity index (χ1) is 11.8. The first-order valence-corrected chi connectivity index (χ1v) is 8.48. The second kappa shape index (κ2) is 7.09. The number of rotatable bonds is 3. The second-order valence-corrected chi connectivity index (χ2v) is 7.01. The normalized spacial score (nSPS) is 34.0. The molecule has 2 aliphatic heterocycles. The number of para-hydroxylation sites is 1. The minimum absolute atomic E-state index is 0.240. The molecule has 0 bridgehead atoms. The lowest BCUT2D eigenvalue weighted by Crippen LogP contribution is -2.69. The van der Waals surface area contributed by atoms with Crippen LogP contribution in [0.3, 0.4) is 0 Å². The summed E-state index contributed by atoms with van der Waals surface area (Å²) in [6.07, 6.45) is -3.14. The lowest BCUT2D eigenvalue weighted by atomic mass is 9.95. The van der Waals surface area contributed by atoms with E-state index >= 15 is 0 Å².